The number of fused-ring (bicyclic) bond motifs is 1. The van der Waals surface area contributed by atoms with E-state index >= 15 is 0 Å². The first-order chi connectivity index (χ1) is 12.2. The summed E-state index contributed by atoms with van der Waals surface area (Å²) < 4.78 is 16.0. The van der Waals surface area contributed by atoms with Crippen molar-refractivity contribution in [2.45, 2.75) is 25.7 Å². The van der Waals surface area contributed by atoms with Gasteiger partial charge in [0.1, 0.15) is 5.82 Å². The number of hydrogen-bond donors (Lipinski definition) is 1. The Morgan fingerprint density at radius 3 is 2.32 bits per heavy atom. The topological polar surface area (TPSA) is 73.4 Å². The molecule has 0 spiro atoms. The zero-order valence-corrected chi connectivity index (χ0v) is 14.7. The van der Waals surface area contributed by atoms with Crippen LogP contribution in [0.5, 0.6) is 17.2 Å². The number of nitrogens with one attached hydrogen (secondary N) is 1. The summed E-state index contributed by atoms with van der Waals surface area (Å²) in [5.74, 6) is 2.25. The molecule has 0 unspecified atom stereocenters. The van der Waals surface area contributed by atoms with Gasteiger partial charge in [-0.1, -0.05) is 6.08 Å². The Morgan fingerprint density at radius 2 is 1.68 bits per heavy atom. The Labute approximate surface area is 146 Å². The molecule has 0 saturated carbocycles. The van der Waals surface area contributed by atoms with Crippen LogP contribution in [0.15, 0.2) is 16.9 Å². The summed E-state index contributed by atoms with van der Waals surface area (Å²) in [5, 5.41) is 0. The molecule has 1 aromatic heterocycles. The fourth-order valence-electron chi connectivity index (χ4n) is 3.07. The maximum Gasteiger partial charge on any atom is 0.254 e. The molecule has 1 aliphatic carbocycles. The van der Waals surface area contributed by atoms with Crippen LogP contribution in [0.2, 0.25) is 0 Å². The second kappa shape index (κ2) is 7.42. The van der Waals surface area contributed by atoms with Crippen molar-refractivity contribution in [2.24, 2.45) is 0 Å². The normalized spacial score (nSPS) is 13.6. The van der Waals surface area contributed by atoms with Crippen LogP contribution in [0.1, 0.15) is 35.5 Å². The fraction of sp³-hybridized carbons (Fsp3) is 0.368. The van der Waals surface area contributed by atoms with Crippen molar-refractivity contribution in [1.82, 2.24) is 9.97 Å². The van der Waals surface area contributed by atoms with Crippen LogP contribution in [0, 0.1) is 0 Å². The van der Waals surface area contributed by atoms with Gasteiger partial charge in [-0.3, -0.25) is 4.79 Å². The first-order valence-electron chi connectivity index (χ1n) is 8.26. The van der Waals surface area contributed by atoms with Crippen molar-refractivity contribution in [2.75, 3.05) is 21.3 Å². The molecule has 6 heteroatoms. The third kappa shape index (κ3) is 3.52. The smallest absolute Gasteiger partial charge is 0.254 e. The van der Waals surface area contributed by atoms with Crippen LogP contribution in [0.3, 0.4) is 0 Å². The summed E-state index contributed by atoms with van der Waals surface area (Å²) in [4.78, 5) is 19.6. The third-order valence-electron chi connectivity index (χ3n) is 4.33. The minimum atomic E-state index is -0.0331. The Morgan fingerprint density at radius 1 is 1.00 bits per heavy atom. The van der Waals surface area contributed by atoms with E-state index in [4.69, 9.17) is 14.2 Å². The number of hydrogen-bond acceptors (Lipinski definition) is 5. The summed E-state index contributed by atoms with van der Waals surface area (Å²) in [6, 6.07) is 3.68. The molecule has 1 aliphatic rings. The van der Waals surface area contributed by atoms with Gasteiger partial charge in [-0.2, -0.15) is 0 Å². The van der Waals surface area contributed by atoms with Gasteiger partial charge in [0.25, 0.3) is 5.56 Å². The van der Waals surface area contributed by atoms with Crippen LogP contribution < -0.4 is 19.8 Å². The lowest BCUT2D eigenvalue weighted by Crippen LogP contribution is -2.21. The largest absolute Gasteiger partial charge is 0.493 e. The number of ether oxygens (including phenoxy) is 3. The molecule has 0 aliphatic heterocycles. The molecule has 0 saturated heterocycles. The molecular formula is C19H22N2O4. The molecule has 0 radical (unpaired) electrons. The van der Waals surface area contributed by atoms with E-state index in [2.05, 4.69) is 9.97 Å². The van der Waals surface area contributed by atoms with Crippen LogP contribution in [-0.4, -0.2) is 31.3 Å². The van der Waals surface area contributed by atoms with Gasteiger partial charge in [0.2, 0.25) is 5.75 Å². The van der Waals surface area contributed by atoms with Crippen molar-refractivity contribution >= 4 is 12.2 Å². The Balaban J connectivity index is 1.94. The van der Waals surface area contributed by atoms with E-state index in [0.29, 0.717) is 23.1 Å². The highest BCUT2D eigenvalue weighted by molar-refractivity contribution is 5.70. The molecule has 0 fully saturated rings. The molecule has 1 heterocycles. The van der Waals surface area contributed by atoms with E-state index in [-0.39, 0.29) is 5.56 Å². The van der Waals surface area contributed by atoms with Crippen molar-refractivity contribution in [3.8, 4) is 17.2 Å². The summed E-state index contributed by atoms with van der Waals surface area (Å²) in [5.41, 5.74) is 2.57. The second-order valence-electron chi connectivity index (χ2n) is 5.88. The third-order valence-corrected chi connectivity index (χ3v) is 4.33. The molecule has 0 amide bonds. The standard InChI is InChI=1S/C19H22N2O4/c1-23-15-10-12(11-16(24-2)18(15)25-3)8-9-17-20-14-7-5-4-6-13(14)19(22)21-17/h8-11H,4-7H2,1-3H3,(H,20,21,22). The Bertz CT molecular complexity index is 830. The Hall–Kier alpha value is -2.76. The summed E-state index contributed by atoms with van der Waals surface area (Å²) in [7, 11) is 4.72. The van der Waals surface area contributed by atoms with Gasteiger partial charge in [-0.15, -0.1) is 0 Å². The van der Waals surface area contributed by atoms with Gasteiger partial charge in [-0.05, 0) is 49.5 Å². The fourth-order valence-corrected chi connectivity index (χ4v) is 3.07. The number of nitrogens with zero attached hydrogens (tertiary/aromatic N) is 1. The zero-order valence-electron chi connectivity index (χ0n) is 14.7. The first kappa shape index (κ1) is 17.1. The van der Waals surface area contributed by atoms with Gasteiger partial charge in [0.15, 0.2) is 11.5 Å². The van der Waals surface area contributed by atoms with E-state index in [0.717, 1.165) is 42.5 Å². The van der Waals surface area contributed by atoms with Crippen molar-refractivity contribution in [3.63, 3.8) is 0 Å². The van der Waals surface area contributed by atoms with Gasteiger partial charge in [-0.25, -0.2) is 4.98 Å². The van der Waals surface area contributed by atoms with E-state index in [9.17, 15) is 4.79 Å². The Kier molecular flexibility index (Phi) is 5.07. The number of aromatic nitrogens is 2. The van der Waals surface area contributed by atoms with Gasteiger partial charge in [0, 0.05) is 5.56 Å². The highest BCUT2D eigenvalue weighted by Crippen LogP contribution is 2.38. The molecular weight excluding hydrogens is 320 g/mol. The average molecular weight is 342 g/mol. The highest BCUT2D eigenvalue weighted by atomic mass is 16.5. The summed E-state index contributed by atoms with van der Waals surface area (Å²) in [6.45, 7) is 0. The minimum Gasteiger partial charge on any atom is -0.493 e. The number of methoxy groups -OCH3 is 3. The number of aromatic amines is 1. The van der Waals surface area contributed by atoms with Crippen molar-refractivity contribution < 1.29 is 14.2 Å². The number of H-pyrrole nitrogens is 1. The molecule has 25 heavy (non-hydrogen) atoms. The lowest BCUT2D eigenvalue weighted by Gasteiger charge is -2.14. The second-order valence-corrected chi connectivity index (χ2v) is 5.88. The van der Waals surface area contributed by atoms with Crippen molar-refractivity contribution in [3.05, 3.63) is 45.1 Å². The number of benzene rings is 1. The monoisotopic (exact) mass is 342 g/mol. The molecule has 132 valence electrons. The van der Waals surface area contributed by atoms with Crippen LogP contribution in [0.25, 0.3) is 12.2 Å². The van der Waals surface area contributed by atoms with Gasteiger partial charge >= 0.3 is 0 Å². The number of rotatable bonds is 5. The maximum absolute atomic E-state index is 12.2. The highest BCUT2D eigenvalue weighted by Gasteiger charge is 2.15. The molecule has 1 aromatic carbocycles. The molecule has 1 N–H and O–H groups in total. The van der Waals surface area contributed by atoms with Crippen molar-refractivity contribution in [1.29, 1.82) is 0 Å². The minimum absolute atomic E-state index is 0.0331. The maximum atomic E-state index is 12.2. The average Bonchev–Trinajstić information content (AvgIpc) is 2.65. The van der Waals surface area contributed by atoms with E-state index in [1.807, 2.05) is 18.2 Å². The SMILES string of the molecule is COc1cc(C=Cc2nc3c(c(=O)[nH]2)CCCC3)cc(OC)c1OC. The molecule has 3 rings (SSSR count). The van der Waals surface area contributed by atoms with Gasteiger partial charge < -0.3 is 19.2 Å². The molecule has 6 nitrogen and oxygen atoms in total. The lowest BCUT2D eigenvalue weighted by molar-refractivity contribution is 0.324. The molecule has 0 bridgehead atoms. The predicted octanol–water partition coefficient (Wildman–Crippen LogP) is 2.84. The predicted molar refractivity (Wildman–Crippen MR) is 96.5 cm³/mol. The van der Waals surface area contributed by atoms with Crippen LogP contribution in [0.4, 0.5) is 0 Å². The van der Waals surface area contributed by atoms with E-state index in [1.165, 1.54) is 0 Å². The summed E-state index contributed by atoms with van der Waals surface area (Å²) >= 11 is 0. The quantitative estimate of drug-likeness (QED) is 0.904. The van der Waals surface area contributed by atoms with Crippen LogP contribution >= 0.6 is 0 Å². The molecule has 0 atom stereocenters. The van der Waals surface area contributed by atoms with Gasteiger partial charge in [0.05, 0.1) is 27.0 Å². The first-order valence-corrected chi connectivity index (χ1v) is 8.26. The zero-order chi connectivity index (χ0) is 17.8. The molecule has 2 aromatic rings. The number of aryl methyl sites for hydroxylation is 1. The lowest BCUT2D eigenvalue weighted by atomic mass is 9.97. The summed E-state index contributed by atoms with van der Waals surface area (Å²) in [6.07, 6.45) is 7.46. The van der Waals surface area contributed by atoms with E-state index in [1.54, 1.807) is 27.4 Å². The van der Waals surface area contributed by atoms with E-state index < -0.39 is 0 Å². The van der Waals surface area contributed by atoms with Crippen LogP contribution in [-0.2, 0) is 12.8 Å².